The number of benzene rings is 2. The van der Waals surface area contributed by atoms with Crippen LogP contribution in [0.15, 0.2) is 36.4 Å². The number of carbonyl (C=O) groups is 2. The number of ether oxygens (including phenoxy) is 1. The van der Waals surface area contributed by atoms with E-state index in [1.54, 1.807) is 13.2 Å². The maximum Gasteiger partial charge on any atom is 0.282 e. The second kappa shape index (κ2) is 6.91. The van der Waals surface area contributed by atoms with Crippen LogP contribution in [0.2, 0.25) is 0 Å². The highest BCUT2D eigenvalue weighted by molar-refractivity contribution is 5.98. The van der Waals surface area contributed by atoms with Gasteiger partial charge < -0.3 is 25.7 Å². The number of hydrogen-bond acceptors (Lipinski definition) is 4. The average molecular weight is 302 g/mol. The molecule has 6 nitrogen and oxygen atoms in total. The molecule has 1 atom stereocenters. The van der Waals surface area contributed by atoms with Gasteiger partial charge >= 0.3 is 0 Å². The SMILES string of the molecule is COc1cc(NC(=O)[C@@H]([NH3+])CCC(=O)[O-])cc2ccccc12. The van der Waals surface area contributed by atoms with E-state index < -0.39 is 12.0 Å². The Labute approximate surface area is 127 Å². The van der Waals surface area contributed by atoms with Crippen molar-refractivity contribution < 1.29 is 25.2 Å². The molecule has 2 aromatic carbocycles. The average Bonchev–Trinajstić information content (AvgIpc) is 2.51. The summed E-state index contributed by atoms with van der Waals surface area (Å²) >= 11 is 0. The lowest BCUT2D eigenvalue weighted by molar-refractivity contribution is -0.404. The van der Waals surface area contributed by atoms with Crippen LogP contribution in [0.25, 0.3) is 10.8 Å². The Balaban J connectivity index is 2.17. The summed E-state index contributed by atoms with van der Waals surface area (Å²) in [4.78, 5) is 22.5. The number of anilines is 1. The zero-order chi connectivity index (χ0) is 16.1. The fraction of sp³-hybridized carbons (Fsp3) is 0.250. The predicted molar refractivity (Wildman–Crippen MR) is 80.0 cm³/mol. The van der Waals surface area contributed by atoms with E-state index in [2.05, 4.69) is 11.1 Å². The van der Waals surface area contributed by atoms with Crippen LogP contribution < -0.4 is 20.9 Å². The molecule has 0 fully saturated rings. The molecule has 2 rings (SSSR count). The van der Waals surface area contributed by atoms with E-state index >= 15 is 0 Å². The van der Waals surface area contributed by atoms with E-state index in [1.165, 1.54) is 0 Å². The summed E-state index contributed by atoms with van der Waals surface area (Å²) in [5.74, 6) is -0.865. The molecule has 2 aromatic rings. The van der Waals surface area contributed by atoms with Gasteiger partial charge in [0.15, 0.2) is 6.04 Å². The number of hydrogen-bond donors (Lipinski definition) is 2. The quantitative estimate of drug-likeness (QED) is 0.778. The van der Waals surface area contributed by atoms with Crippen molar-refractivity contribution in [3.05, 3.63) is 36.4 Å². The van der Waals surface area contributed by atoms with Crippen LogP contribution in [0.5, 0.6) is 5.75 Å². The Kier molecular flexibility index (Phi) is 4.95. The van der Waals surface area contributed by atoms with Gasteiger partial charge in [0, 0.05) is 29.5 Å². The van der Waals surface area contributed by atoms with Crippen molar-refractivity contribution in [1.82, 2.24) is 0 Å². The van der Waals surface area contributed by atoms with Crippen LogP contribution in [-0.2, 0) is 9.59 Å². The number of carbonyl (C=O) groups excluding carboxylic acids is 2. The lowest BCUT2D eigenvalue weighted by Gasteiger charge is -2.12. The second-order valence-electron chi connectivity index (χ2n) is 5.00. The van der Waals surface area contributed by atoms with Crippen LogP contribution >= 0.6 is 0 Å². The zero-order valence-corrected chi connectivity index (χ0v) is 12.3. The third-order valence-electron chi connectivity index (χ3n) is 3.38. The molecule has 116 valence electrons. The molecule has 0 aromatic heterocycles. The molecule has 0 unspecified atom stereocenters. The normalized spacial score (nSPS) is 11.9. The van der Waals surface area contributed by atoms with Gasteiger partial charge in [0.05, 0.1) is 7.11 Å². The summed E-state index contributed by atoms with van der Waals surface area (Å²) in [6.45, 7) is 0. The molecule has 0 radical (unpaired) electrons. The highest BCUT2D eigenvalue weighted by Crippen LogP contribution is 2.29. The minimum absolute atomic E-state index is 0.138. The maximum absolute atomic E-state index is 12.0. The Bertz CT molecular complexity index is 700. The summed E-state index contributed by atoms with van der Waals surface area (Å²) in [6.07, 6.45) is -0.0541. The first kappa shape index (κ1) is 15.8. The van der Waals surface area contributed by atoms with Gasteiger partial charge in [-0.15, -0.1) is 0 Å². The van der Waals surface area contributed by atoms with Crippen molar-refractivity contribution in [2.45, 2.75) is 18.9 Å². The number of carboxylic acid groups (broad SMARTS) is 1. The van der Waals surface area contributed by atoms with Gasteiger partial charge in [-0.25, -0.2) is 0 Å². The largest absolute Gasteiger partial charge is 0.550 e. The number of rotatable bonds is 6. The van der Waals surface area contributed by atoms with Crippen LogP contribution in [0, 0.1) is 0 Å². The highest BCUT2D eigenvalue weighted by Gasteiger charge is 2.17. The Morgan fingerprint density at radius 3 is 2.73 bits per heavy atom. The zero-order valence-electron chi connectivity index (χ0n) is 12.3. The van der Waals surface area contributed by atoms with E-state index in [0.29, 0.717) is 11.4 Å². The number of fused-ring (bicyclic) bond motifs is 1. The van der Waals surface area contributed by atoms with Gasteiger partial charge in [0.1, 0.15) is 5.75 Å². The molecule has 0 bridgehead atoms. The lowest BCUT2D eigenvalue weighted by atomic mass is 10.1. The molecule has 0 aliphatic carbocycles. The van der Waals surface area contributed by atoms with Crippen molar-refractivity contribution in [3.63, 3.8) is 0 Å². The topological polar surface area (TPSA) is 106 Å². The molecule has 0 saturated heterocycles. The molecular weight excluding hydrogens is 284 g/mol. The van der Waals surface area contributed by atoms with Crippen LogP contribution in [-0.4, -0.2) is 25.0 Å². The van der Waals surface area contributed by atoms with Crippen LogP contribution in [0.4, 0.5) is 5.69 Å². The van der Waals surface area contributed by atoms with Gasteiger partial charge in [-0.2, -0.15) is 0 Å². The van der Waals surface area contributed by atoms with Gasteiger partial charge in [-0.1, -0.05) is 24.3 Å². The van der Waals surface area contributed by atoms with Crippen molar-refractivity contribution in [3.8, 4) is 5.75 Å². The number of nitrogens with one attached hydrogen (secondary N) is 1. The van der Waals surface area contributed by atoms with Crippen molar-refractivity contribution >= 4 is 28.3 Å². The number of amides is 1. The lowest BCUT2D eigenvalue weighted by Crippen LogP contribution is -2.66. The van der Waals surface area contributed by atoms with Gasteiger partial charge in [-0.05, 0) is 17.9 Å². The standard InChI is InChI=1S/C16H18N2O4/c1-22-14-9-11(8-10-4-2-3-5-12(10)14)18-16(21)13(17)6-7-15(19)20/h2-5,8-9,13H,6-7,17H2,1H3,(H,18,21)(H,19,20)/t13-/m0/s1. The minimum atomic E-state index is -1.19. The molecule has 0 spiro atoms. The van der Waals surface area contributed by atoms with Crippen LogP contribution in [0.3, 0.4) is 0 Å². The molecule has 1 amide bonds. The first-order chi connectivity index (χ1) is 10.5. The molecular formula is C16H18N2O4. The molecule has 0 saturated carbocycles. The number of quaternary nitrogens is 1. The number of methoxy groups -OCH3 is 1. The van der Waals surface area contributed by atoms with E-state index in [1.807, 2.05) is 30.3 Å². The molecule has 0 aliphatic rings. The van der Waals surface area contributed by atoms with Crippen molar-refractivity contribution in [1.29, 1.82) is 0 Å². The highest BCUT2D eigenvalue weighted by atomic mass is 16.5. The van der Waals surface area contributed by atoms with Crippen LogP contribution in [0.1, 0.15) is 12.8 Å². The molecule has 6 heteroatoms. The summed E-state index contributed by atoms with van der Waals surface area (Å²) in [5, 5.41) is 15.1. The maximum atomic E-state index is 12.0. The fourth-order valence-corrected chi connectivity index (χ4v) is 2.18. The van der Waals surface area contributed by atoms with Crippen molar-refractivity contribution in [2.24, 2.45) is 0 Å². The Morgan fingerprint density at radius 2 is 2.05 bits per heavy atom. The molecule has 22 heavy (non-hydrogen) atoms. The van der Waals surface area contributed by atoms with E-state index in [-0.39, 0.29) is 18.7 Å². The smallest absolute Gasteiger partial charge is 0.282 e. The van der Waals surface area contributed by atoms with E-state index in [4.69, 9.17) is 4.74 Å². The molecule has 0 heterocycles. The Hall–Kier alpha value is -2.60. The Morgan fingerprint density at radius 1 is 1.32 bits per heavy atom. The summed E-state index contributed by atoms with van der Waals surface area (Å²) in [6, 6.07) is 10.6. The summed E-state index contributed by atoms with van der Waals surface area (Å²) in [7, 11) is 1.57. The minimum Gasteiger partial charge on any atom is -0.550 e. The van der Waals surface area contributed by atoms with Gasteiger partial charge in [0.2, 0.25) is 0 Å². The predicted octanol–water partition coefficient (Wildman–Crippen LogP) is -0.0725. The monoisotopic (exact) mass is 302 g/mol. The van der Waals surface area contributed by atoms with Gasteiger partial charge in [0.25, 0.3) is 5.91 Å². The molecule has 4 N–H and O–H groups in total. The number of carboxylic acids is 1. The molecule has 0 aliphatic heterocycles. The van der Waals surface area contributed by atoms with E-state index in [0.717, 1.165) is 10.8 Å². The van der Waals surface area contributed by atoms with Crippen molar-refractivity contribution in [2.75, 3.05) is 12.4 Å². The number of aliphatic carboxylic acids is 1. The first-order valence-electron chi connectivity index (χ1n) is 6.92. The third-order valence-corrected chi connectivity index (χ3v) is 3.38. The third kappa shape index (κ3) is 3.73. The second-order valence-corrected chi connectivity index (χ2v) is 5.00. The van der Waals surface area contributed by atoms with Gasteiger partial charge in [-0.3, -0.25) is 4.79 Å². The summed E-state index contributed by atoms with van der Waals surface area (Å²) in [5.41, 5.74) is 4.26. The fourth-order valence-electron chi connectivity index (χ4n) is 2.18. The first-order valence-corrected chi connectivity index (χ1v) is 6.92. The van der Waals surface area contributed by atoms with E-state index in [9.17, 15) is 14.7 Å². The summed E-state index contributed by atoms with van der Waals surface area (Å²) < 4.78 is 5.34.